The molecule has 176 valence electrons. The van der Waals surface area contributed by atoms with Crippen LogP contribution < -0.4 is 14.2 Å². The van der Waals surface area contributed by atoms with Gasteiger partial charge in [0, 0.05) is 23.5 Å². The van der Waals surface area contributed by atoms with Crippen molar-refractivity contribution >= 4 is 26.7 Å². The van der Waals surface area contributed by atoms with E-state index in [1.807, 2.05) is 31.2 Å². The Bertz CT molecular complexity index is 1270. The van der Waals surface area contributed by atoms with Gasteiger partial charge in [-0.25, -0.2) is 8.42 Å². The van der Waals surface area contributed by atoms with Gasteiger partial charge in [-0.3, -0.25) is 4.79 Å². The van der Waals surface area contributed by atoms with E-state index in [9.17, 15) is 13.2 Å². The van der Waals surface area contributed by atoms with Gasteiger partial charge in [0.1, 0.15) is 5.58 Å². The third kappa shape index (κ3) is 4.37. The number of fused-ring (bicyclic) bond motifs is 1. The lowest BCUT2D eigenvalue weighted by atomic mass is 10.1. The van der Waals surface area contributed by atoms with E-state index in [-0.39, 0.29) is 29.7 Å². The van der Waals surface area contributed by atoms with E-state index >= 15 is 0 Å². The number of hydrogen-bond donors (Lipinski definition) is 0. The van der Waals surface area contributed by atoms with E-state index in [0.29, 0.717) is 29.3 Å². The molecular weight excluding hydrogens is 446 g/mol. The molecule has 33 heavy (non-hydrogen) atoms. The summed E-state index contributed by atoms with van der Waals surface area (Å²) in [6.07, 6.45) is 0.373. The van der Waals surface area contributed by atoms with Crippen molar-refractivity contribution in [1.82, 2.24) is 4.90 Å². The molecule has 0 radical (unpaired) electrons. The molecule has 0 aliphatic carbocycles. The molecule has 0 saturated carbocycles. The fourth-order valence-corrected chi connectivity index (χ4v) is 6.05. The molecular formula is C24H27NO7S. The molecule has 0 spiro atoms. The average Bonchev–Trinajstić information content (AvgIpc) is 3.35. The van der Waals surface area contributed by atoms with Gasteiger partial charge < -0.3 is 23.5 Å². The molecule has 2 heterocycles. The van der Waals surface area contributed by atoms with Gasteiger partial charge in [-0.2, -0.15) is 0 Å². The van der Waals surface area contributed by atoms with Crippen LogP contribution in [0.3, 0.4) is 0 Å². The monoisotopic (exact) mass is 473 g/mol. The normalized spacial score (nSPS) is 17.2. The molecule has 8 nitrogen and oxygen atoms in total. The number of methoxy groups -OCH3 is 3. The Morgan fingerprint density at radius 1 is 1.09 bits per heavy atom. The number of carbonyl (C=O) groups is 1. The Balaban J connectivity index is 1.76. The highest BCUT2D eigenvalue weighted by molar-refractivity contribution is 7.91. The van der Waals surface area contributed by atoms with Gasteiger partial charge in [0.2, 0.25) is 5.75 Å². The highest BCUT2D eigenvalue weighted by Crippen LogP contribution is 2.39. The van der Waals surface area contributed by atoms with Crippen LogP contribution >= 0.6 is 0 Å². The Morgan fingerprint density at radius 2 is 1.76 bits per heavy atom. The maximum atomic E-state index is 13.7. The molecule has 0 N–H and O–H groups in total. The fraction of sp³-hybridized carbons (Fsp3) is 0.375. The molecule has 1 saturated heterocycles. The van der Waals surface area contributed by atoms with Crippen LogP contribution in [-0.4, -0.2) is 58.1 Å². The minimum atomic E-state index is -3.21. The maximum Gasteiger partial charge on any atom is 0.290 e. The molecule has 0 unspecified atom stereocenters. The molecule has 9 heteroatoms. The summed E-state index contributed by atoms with van der Waals surface area (Å²) in [4.78, 5) is 15.3. The standard InChI is InChI=1S/C24H27NO7S/c1-15-18-7-5-6-8-19(18)32-22(15)24(26)25(17-9-10-33(27,28)14-17)13-16-11-20(29-2)23(31-4)21(12-16)30-3/h5-8,11-12,17H,9-10,13-14H2,1-4H3/t17-/m0/s1. The van der Waals surface area contributed by atoms with Crippen LogP contribution in [0.2, 0.25) is 0 Å². The number of nitrogens with zero attached hydrogens (tertiary/aromatic N) is 1. The van der Waals surface area contributed by atoms with Gasteiger partial charge in [0.05, 0.1) is 32.8 Å². The average molecular weight is 474 g/mol. The molecule has 3 aromatic rings. The zero-order chi connectivity index (χ0) is 23.8. The number of sulfone groups is 1. The quantitative estimate of drug-likeness (QED) is 0.517. The zero-order valence-corrected chi connectivity index (χ0v) is 19.9. The van der Waals surface area contributed by atoms with Crippen molar-refractivity contribution < 1.29 is 31.8 Å². The SMILES string of the molecule is COc1cc(CN(C(=O)c2oc3ccccc3c2C)[C@H]2CCS(=O)(=O)C2)cc(OC)c1OC. The van der Waals surface area contributed by atoms with Gasteiger partial charge in [-0.15, -0.1) is 0 Å². The predicted octanol–water partition coefficient (Wildman–Crippen LogP) is 3.60. The van der Waals surface area contributed by atoms with E-state index < -0.39 is 15.9 Å². The number of benzene rings is 2. The van der Waals surface area contributed by atoms with Crippen LogP contribution in [-0.2, 0) is 16.4 Å². The van der Waals surface area contributed by atoms with Gasteiger partial charge >= 0.3 is 0 Å². The summed E-state index contributed by atoms with van der Waals surface area (Å²) in [5.74, 6) is 1.19. The summed E-state index contributed by atoms with van der Waals surface area (Å²) in [7, 11) is 1.34. The van der Waals surface area contributed by atoms with E-state index in [1.165, 1.54) is 21.3 Å². The van der Waals surface area contributed by atoms with E-state index in [4.69, 9.17) is 18.6 Å². The van der Waals surface area contributed by atoms with Crippen LogP contribution in [0.1, 0.15) is 28.1 Å². The number of aryl methyl sites for hydroxylation is 1. The first-order valence-electron chi connectivity index (χ1n) is 10.6. The number of carbonyl (C=O) groups excluding carboxylic acids is 1. The largest absolute Gasteiger partial charge is 0.493 e. The number of ether oxygens (including phenoxy) is 3. The molecule has 4 rings (SSSR count). The van der Waals surface area contributed by atoms with Crippen molar-refractivity contribution in [3.8, 4) is 17.2 Å². The molecule has 1 aliphatic rings. The summed E-state index contributed by atoms with van der Waals surface area (Å²) in [5, 5.41) is 0.854. The van der Waals surface area contributed by atoms with E-state index in [0.717, 1.165) is 16.5 Å². The third-order valence-electron chi connectivity index (χ3n) is 6.03. The van der Waals surface area contributed by atoms with Gasteiger partial charge in [-0.05, 0) is 37.1 Å². The van der Waals surface area contributed by atoms with E-state index in [1.54, 1.807) is 17.0 Å². The lowest BCUT2D eigenvalue weighted by Crippen LogP contribution is -2.40. The Hall–Kier alpha value is -3.20. The first-order chi connectivity index (χ1) is 15.8. The summed E-state index contributed by atoms with van der Waals surface area (Å²) in [6, 6.07) is 10.5. The highest BCUT2D eigenvalue weighted by Gasteiger charge is 2.37. The minimum absolute atomic E-state index is 0.0514. The van der Waals surface area contributed by atoms with Gasteiger partial charge in [-0.1, -0.05) is 18.2 Å². The van der Waals surface area contributed by atoms with Crippen molar-refractivity contribution in [3.05, 3.63) is 53.3 Å². The van der Waals surface area contributed by atoms with Crippen molar-refractivity contribution in [2.75, 3.05) is 32.8 Å². The Morgan fingerprint density at radius 3 is 2.30 bits per heavy atom. The van der Waals surface area contributed by atoms with Gasteiger partial charge in [0.25, 0.3) is 5.91 Å². The number of para-hydroxylation sites is 1. The van der Waals surface area contributed by atoms with Crippen LogP contribution in [0.4, 0.5) is 0 Å². The first-order valence-corrected chi connectivity index (χ1v) is 12.4. The van der Waals surface area contributed by atoms with Crippen LogP contribution in [0.5, 0.6) is 17.2 Å². The highest BCUT2D eigenvalue weighted by atomic mass is 32.2. The summed E-state index contributed by atoms with van der Waals surface area (Å²) < 4.78 is 46.6. The van der Waals surface area contributed by atoms with Crippen molar-refractivity contribution in [1.29, 1.82) is 0 Å². The zero-order valence-electron chi connectivity index (χ0n) is 19.1. The summed E-state index contributed by atoms with van der Waals surface area (Å²) >= 11 is 0. The van der Waals surface area contributed by atoms with Gasteiger partial charge in [0.15, 0.2) is 27.1 Å². The second-order valence-electron chi connectivity index (χ2n) is 8.08. The minimum Gasteiger partial charge on any atom is -0.493 e. The van der Waals surface area contributed by atoms with Crippen molar-refractivity contribution in [3.63, 3.8) is 0 Å². The second kappa shape index (κ2) is 8.97. The molecule has 0 bridgehead atoms. The number of furan rings is 1. The number of hydrogen-bond acceptors (Lipinski definition) is 7. The topological polar surface area (TPSA) is 95.3 Å². The first kappa shape index (κ1) is 23.0. The third-order valence-corrected chi connectivity index (χ3v) is 7.78. The lowest BCUT2D eigenvalue weighted by Gasteiger charge is -2.28. The Labute approximate surface area is 192 Å². The summed E-state index contributed by atoms with van der Waals surface area (Å²) in [5.41, 5.74) is 2.06. The fourth-order valence-electron chi connectivity index (χ4n) is 4.32. The molecule has 1 atom stereocenters. The van der Waals surface area contributed by atoms with Crippen LogP contribution in [0.15, 0.2) is 40.8 Å². The maximum absolute atomic E-state index is 13.7. The number of amides is 1. The van der Waals surface area contributed by atoms with Crippen LogP contribution in [0, 0.1) is 6.92 Å². The number of rotatable bonds is 7. The predicted molar refractivity (Wildman–Crippen MR) is 124 cm³/mol. The molecule has 1 amide bonds. The smallest absolute Gasteiger partial charge is 0.290 e. The summed E-state index contributed by atoms with van der Waals surface area (Å²) in [6.45, 7) is 1.99. The molecule has 1 fully saturated rings. The molecule has 2 aromatic carbocycles. The molecule has 1 aliphatic heterocycles. The van der Waals surface area contributed by atoms with Crippen molar-refractivity contribution in [2.45, 2.75) is 25.9 Å². The van der Waals surface area contributed by atoms with Crippen LogP contribution in [0.25, 0.3) is 11.0 Å². The lowest BCUT2D eigenvalue weighted by molar-refractivity contribution is 0.0649. The van der Waals surface area contributed by atoms with Crippen molar-refractivity contribution in [2.24, 2.45) is 0 Å². The van der Waals surface area contributed by atoms with E-state index in [2.05, 4.69) is 0 Å². The molecule has 1 aromatic heterocycles. The Kier molecular flexibility index (Phi) is 6.25. The second-order valence-corrected chi connectivity index (χ2v) is 10.3.